The lowest BCUT2D eigenvalue weighted by atomic mass is 9.69. The minimum atomic E-state index is -0.0203. The van der Waals surface area contributed by atoms with Gasteiger partial charge in [0.15, 0.2) is 0 Å². The molecule has 0 atom stereocenters. The average Bonchev–Trinajstić information content (AvgIpc) is 2.35. The summed E-state index contributed by atoms with van der Waals surface area (Å²) in [6, 6.07) is 0. The van der Waals surface area contributed by atoms with E-state index in [1.54, 1.807) is 0 Å². The Morgan fingerprint density at radius 3 is 2.75 bits per heavy atom. The average molecular weight is 185 g/mol. The molecular weight excluding hydrogens is 174 g/mol. The Hall–Kier alpha value is -0.680. The number of aromatic amines is 1. The molecule has 0 spiro atoms. The van der Waals surface area contributed by atoms with E-state index in [-0.39, 0.29) is 5.41 Å². The van der Waals surface area contributed by atoms with Gasteiger partial charge in [-0.2, -0.15) is 0 Å². The van der Waals surface area contributed by atoms with Crippen molar-refractivity contribution in [1.29, 1.82) is 0 Å². The first-order valence-electron chi connectivity index (χ1n) is 4.03. The molecule has 0 amide bonds. The largest absolute Gasteiger partial charge is 0.413 e. The van der Waals surface area contributed by atoms with Crippen LogP contribution in [-0.4, -0.2) is 16.7 Å². The molecular formula is C7H11N3OS. The van der Waals surface area contributed by atoms with E-state index in [9.17, 15) is 0 Å². The lowest BCUT2D eigenvalue weighted by Crippen LogP contribution is -2.41. The van der Waals surface area contributed by atoms with Crippen molar-refractivity contribution in [2.45, 2.75) is 24.7 Å². The van der Waals surface area contributed by atoms with E-state index in [1.165, 1.54) is 6.42 Å². The molecule has 0 radical (unpaired) electrons. The smallest absolute Gasteiger partial charge is 0.284 e. The van der Waals surface area contributed by atoms with Crippen LogP contribution in [0.2, 0.25) is 0 Å². The van der Waals surface area contributed by atoms with Crippen LogP contribution in [0, 0.1) is 4.84 Å². The summed E-state index contributed by atoms with van der Waals surface area (Å²) in [6.07, 6.45) is 3.32. The predicted molar refractivity (Wildman–Crippen MR) is 46.3 cm³/mol. The number of aromatic nitrogens is 2. The Morgan fingerprint density at radius 1 is 1.67 bits per heavy atom. The minimum absolute atomic E-state index is 0.0203. The molecule has 0 saturated heterocycles. The van der Waals surface area contributed by atoms with Gasteiger partial charge in [-0.1, -0.05) is 6.42 Å². The van der Waals surface area contributed by atoms with Crippen molar-refractivity contribution in [3.8, 4) is 0 Å². The minimum Gasteiger partial charge on any atom is -0.413 e. The van der Waals surface area contributed by atoms with Gasteiger partial charge in [-0.15, -0.1) is 5.10 Å². The van der Waals surface area contributed by atoms with Gasteiger partial charge in [0.05, 0.1) is 5.41 Å². The second-order valence-corrected chi connectivity index (χ2v) is 3.63. The number of rotatable bonds is 2. The Labute approximate surface area is 75.2 Å². The highest BCUT2D eigenvalue weighted by atomic mass is 32.1. The number of nitrogens with two attached hydrogens (primary N) is 1. The molecule has 1 heterocycles. The van der Waals surface area contributed by atoms with Crippen LogP contribution in [0.4, 0.5) is 0 Å². The predicted octanol–water partition coefficient (Wildman–Crippen LogP) is 1.11. The molecule has 0 unspecified atom stereocenters. The highest BCUT2D eigenvalue weighted by Crippen LogP contribution is 2.41. The van der Waals surface area contributed by atoms with E-state index >= 15 is 0 Å². The maximum atomic E-state index is 5.66. The monoisotopic (exact) mass is 185 g/mol. The van der Waals surface area contributed by atoms with Gasteiger partial charge in [-0.3, -0.25) is 0 Å². The fourth-order valence-corrected chi connectivity index (χ4v) is 1.69. The second-order valence-electron chi connectivity index (χ2n) is 3.26. The van der Waals surface area contributed by atoms with Gasteiger partial charge in [0, 0.05) is 6.54 Å². The number of nitrogens with one attached hydrogen (secondary N) is 1. The van der Waals surface area contributed by atoms with Crippen molar-refractivity contribution in [3.63, 3.8) is 0 Å². The Kier molecular flexibility index (Phi) is 1.77. The Bertz CT molecular complexity index is 320. The van der Waals surface area contributed by atoms with Gasteiger partial charge in [-0.25, -0.2) is 5.10 Å². The van der Waals surface area contributed by atoms with E-state index in [0.29, 0.717) is 17.3 Å². The summed E-state index contributed by atoms with van der Waals surface area (Å²) in [5.41, 5.74) is 5.64. The molecule has 66 valence electrons. The molecule has 1 aliphatic rings. The number of hydrogen-bond acceptors (Lipinski definition) is 4. The van der Waals surface area contributed by atoms with Crippen LogP contribution in [0.1, 0.15) is 25.2 Å². The molecule has 1 saturated carbocycles. The quantitative estimate of drug-likeness (QED) is 0.677. The van der Waals surface area contributed by atoms with E-state index in [2.05, 4.69) is 10.2 Å². The molecule has 0 aliphatic heterocycles. The Morgan fingerprint density at radius 2 is 2.42 bits per heavy atom. The third kappa shape index (κ3) is 1.01. The van der Waals surface area contributed by atoms with Gasteiger partial charge in [0.2, 0.25) is 5.89 Å². The van der Waals surface area contributed by atoms with Crippen LogP contribution in [0.15, 0.2) is 4.42 Å². The summed E-state index contributed by atoms with van der Waals surface area (Å²) in [5, 5.41) is 6.62. The van der Waals surface area contributed by atoms with Crippen LogP contribution in [0.25, 0.3) is 0 Å². The van der Waals surface area contributed by atoms with Gasteiger partial charge in [0.25, 0.3) is 4.84 Å². The molecule has 2 rings (SSSR count). The highest BCUT2D eigenvalue weighted by molar-refractivity contribution is 7.71. The molecule has 4 nitrogen and oxygen atoms in total. The molecule has 1 aromatic rings. The summed E-state index contributed by atoms with van der Waals surface area (Å²) in [6.45, 7) is 0.593. The first-order chi connectivity index (χ1) is 5.77. The van der Waals surface area contributed by atoms with Crippen LogP contribution in [0.3, 0.4) is 0 Å². The maximum Gasteiger partial charge on any atom is 0.284 e. The first-order valence-corrected chi connectivity index (χ1v) is 4.44. The fourth-order valence-electron chi connectivity index (χ4n) is 1.57. The molecule has 12 heavy (non-hydrogen) atoms. The van der Waals surface area contributed by atoms with Crippen LogP contribution >= 0.6 is 12.2 Å². The second kappa shape index (κ2) is 2.67. The topological polar surface area (TPSA) is 67.8 Å². The lowest BCUT2D eigenvalue weighted by molar-refractivity contribution is 0.198. The summed E-state index contributed by atoms with van der Waals surface area (Å²) in [7, 11) is 0. The Balaban J connectivity index is 2.33. The third-order valence-corrected chi connectivity index (χ3v) is 2.77. The van der Waals surface area contributed by atoms with Crippen LogP contribution < -0.4 is 5.73 Å². The van der Waals surface area contributed by atoms with Gasteiger partial charge >= 0.3 is 0 Å². The lowest BCUT2D eigenvalue weighted by Gasteiger charge is -2.37. The van der Waals surface area contributed by atoms with Crippen molar-refractivity contribution in [2.24, 2.45) is 5.73 Å². The van der Waals surface area contributed by atoms with Crippen molar-refractivity contribution >= 4 is 12.2 Å². The maximum absolute atomic E-state index is 5.66. The van der Waals surface area contributed by atoms with Gasteiger partial charge < -0.3 is 10.2 Å². The van der Waals surface area contributed by atoms with Crippen molar-refractivity contribution in [1.82, 2.24) is 10.2 Å². The number of nitrogens with zero attached hydrogens (tertiary/aromatic N) is 1. The fraction of sp³-hybridized carbons (Fsp3) is 0.714. The highest BCUT2D eigenvalue weighted by Gasteiger charge is 2.41. The molecule has 0 aromatic carbocycles. The first kappa shape index (κ1) is 7.94. The molecule has 1 aromatic heterocycles. The summed E-state index contributed by atoms with van der Waals surface area (Å²) in [5.74, 6) is 0.682. The van der Waals surface area contributed by atoms with Crippen LogP contribution in [0.5, 0.6) is 0 Å². The number of H-pyrrole nitrogens is 1. The zero-order chi connectivity index (χ0) is 8.60. The summed E-state index contributed by atoms with van der Waals surface area (Å²) in [4.78, 5) is 0.338. The normalized spacial score (nSPS) is 20.4. The number of hydrogen-bond donors (Lipinski definition) is 2. The zero-order valence-electron chi connectivity index (χ0n) is 6.67. The van der Waals surface area contributed by atoms with E-state index < -0.39 is 0 Å². The molecule has 1 fully saturated rings. The van der Waals surface area contributed by atoms with Crippen LogP contribution in [-0.2, 0) is 5.41 Å². The molecule has 5 heteroatoms. The van der Waals surface area contributed by atoms with Crippen molar-refractivity contribution in [3.05, 3.63) is 10.7 Å². The molecule has 0 bridgehead atoms. The van der Waals surface area contributed by atoms with Gasteiger partial charge in [-0.05, 0) is 25.1 Å². The SMILES string of the molecule is NCC1(c2n[nH]c(=S)o2)CCC1. The standard InChI is InChI=1S/C7H11N3OS/c8-4-7(2-1-3-7)5-9-10-6(12)11-5/h1-4,8H2,(H,10,12). The summed E-state index contributed by atoms with van der Waals surface area (Å²) < 4.78 is 5.25. The van der Waals surface area contributed by atoms with Crippen molar-refractivity contribution < 1.29 is 4.42 Å². The van der Waals surface area contributed by atoms with E-state index in [4.69, 9.17) is 22.4 Å². The molecule has 1 aliphatic carbocycles. The van der Waals surface area contributed by atoms with Crippen molar-refractivity contribution in [2.75, 3.05) is 6.54 Å². The van der Waals surface area contributed by atoms with E-state index in [1.807, 2.05) is 0 Å². The van der Waals surface area contributed by atoms with E-state index in [0.717, 1.165) is 12.8 Å². The zero-order valence-corrected chi connectivity index (χ0v) is 7.49. The molecule has 3 N–H and O–H groups in total. The third-order valence-electron chi connectivity index (χ3n) is 2.59. The summed E-state index contributed by atoms with van der Waals surface area (Å²) >= 11 is 4.80. The van der Waals surface area contributed by atoms with Gasteiger partial charge in [0.1, 0.15) is 0 Å².